The van der Waals surface area contributed by atoms with Crippen molar-refractivity contribution in [1.82, 2.24) is 9.97 Å². The topological polar surface area (TPSA) is 37.8 Å². The predicted octanol–water partition coefficient (Wildman–Crippen LogP) is 3.29. The molecule has 1 saturated carbocycles. The molecular weight excluding hydrogens is 222 g/mol. The smallest absolute Gasteiger partial charge is 0.224 e. The molecule has 0 spiro atoms. The van der Waals surface area contributed by atoms with Gasteiger partial charge < -0.3 is 5.32 Å². The Labute approximate surface area is 102 Å². The van der Waals surface area contributed by atoms with Gasteiger partial charge in [0.25, 0.3) is 0 Å². The van der Waals surface area contributed by atoms with Gasteiger partial charge in [-0.15, -0.1) is 0 Å². The molecular formula is C12H18ClN3. The van der Waals surface area contributed by atoms with Crippen molar-refractivity contribution in [3.05, 3.63) is 17.0 Å². The summed E-state index contributed by atoms with van der Waals surface area (Å²) in [7, 11) is 0. The average Bonchev–Trinajstić information content (AvgIpc) is 2.59. The quantitative estimate of drug-likeness (QED) is 0.823. The second-order valence-electron chi connectivity index (χ2n) is 4.71. The van der Waals surface area contributed by atoms with Crippen LogP contribution in [0.3, 0.4) is 0 Å². The molecule has 2 atom stereocenters. The van der Waals surface area contributed by atoms with Gasteiger partial charge in [-0.25, -0.2) is 9.97 Å². The Kier molecular flexibility index (Phi) is 3.64. The molecule has 2 unspecified atom stereocenters. The van der Waals surface area contributed by atoms with Gasteiger partial charge in [0.1, 0.15) is 5.82 Å². The summed E-state index contributed by atoms with van der Waals surface area (Å²) in [6, 6.07) is 1.94. The first kappa shape index (κ1) is 11.6. The third-order valence-corrected chi connectivity index (χ3v) is 3.58. The minimum absolute atomic E-state index is 0.321. The van der Waals surface area contributed by atoms with Crippen LogP contribution in [0, 0.1) is 18.8 Å². The summed E-state index contributed by atoms with van der Waals surface area (Å²) in [4.78, 5) is 8.21. The number of rotatable bonds is 3. The Morgan fingerprint density at radius 1 is 1.44 bits per heavy atom. The Hall–Kier alpha value is -0.830. The van der Waals surface area contributed by atoms with E-state index in [9.17, 15) is 0 Å². The summed E-state index contributed by atoms with van der Waals surface area (Å²) in [6.07, 6.45) is 4.04. The fraction of sp³-hybridized carbons (Fsp3) is 0.667. The van der Waals surface area contributed by atoms with Crippen molar-refractivity contribution >= 4 is 17.4 Å². The molecule has 1 fully saturated rings. The van der Waals surface area contributed by atoms with Crippen LogP contribution in [-0.4, -0.2) is 16.5 Å². The van der Waals surface area contributed by atoms with Crippen molar-refractivity contribution in [1.29, 1.82) is 0 Å². The van der Waals surface area contributed by atoms with Gasteiger partial charge in [0, 0.05) is 18.3 Å². The van der Waals surface area contributed by atoms with Crippen LogP contribution in [0.1, 0.15) is 31.9 Å². The van der Waals surface area contributed by atoms with Gasteiger partial charge in [-0.2, -0.15) is 0 Å². The van der Waals surface area contributed by atoms with Gasteiger partial charge in [0.15, 0.2) is 0 Å². The fourth-order valence-electron chi connectivity index (χ4n) is 2.38. The SMILES string of the molecule is Cc1cc(NCC2CCCC2C)nc(Cl)n1. The molecule has 1 aliphatic carbocycles. The van der Waals surface area contributed by atoms with E-state index in [0.29, 0.717) is 5.28 Å². The van der Waals surface area contributed by atoms with Crippen molar-refractivity contribution in [3.63, 3.8) is 0 Å². The van der Waals surface area contributed by atoms with E-state index in [1.165, 1.54) is 19.3 Å². The van der Waals surface area contributed by atoms with Crippen LogP contribution in [0.25, 0.3) is 0 Å². The summed E-state index contributed by atoms with van der Waals surface area (Å²) in [5.74, 6) is 2.44. The van der Waals surface area contributed by atoms with Gasteiger partial charge in [-0.1, -0.05) is 19.8 Å². The maximum atomic E-state index is 5.81. The zero-order chi connectivity index (χ0) is 11.5. The highest BCUT2D eigenvalue weighted by Crippen LogP contribution is 2.31. The second-order valence-corrected chi connectivity index (χ2v) is 5.05. The summed E-state index contributed by atoms with van der Waals surface area (Å²) in [5, 5.41) is 3.68. The maximum Gasteiger partial charge on any atom is 0.224 e. The highest BCUT2D eigenvalue weighted by Gasteiger charge is 2.22. The van der Waals surface area contributed by atoms with Crippen molar-refractivity contribution in [2.75, 3.05) is 11.9 Å². The number of halogens is 1. The molecule has 1 heterocycles. The molecule has 0 radical (unpaired) electrons. The third-order valence-electron chi connectivity index (χ3n) is 3.41. The molecule has 1 aromatic rings. The van der Waals surface area contributed by atoms with Gasteiger partial charge in [0.05, 0.1) is 0 Å². The summed E-state index contributed by atoms with van der Waals surface area (Å²) in [5.41, 5.74) is 0.905. The van der Waals surface area contributed by atoms with Crippen LogP contribution in [0.5, 0.6) is 0 Å². The standard InChI is InChI=1S/C12H18ClN3/c1-8-4-3-5-10(8)7-14-11-6-9(2)15-12(13)16-11/h6,8,10H,3-5,7H2,1-2H3,(H,14,15,16). The molecule has 2 rings (SSSR count). The van der Waals surface area contributed by atoms with E-state index in [0.717, 1.165) is 29.9 Å². The van der Waals surface area contributed by atoms with E-state index in [1.54, 1.807) is 0 Å². The number of hydrogen-bond donors (Lipinski definition) is 1. The second kappa shape index (κ2) is 5.00. The van der Waals surface area contributed by atoms with Crippen LogP contribution in [0.15, 0.2) is 6.07 Å². The van der Waals surface area contributed by atoms with E-state index < -0.39 is 0 Å². The van der Waals surface area contributed by atoms with Gasteiger partial charge in [-0.3, -0.25) is 0 Å². The largest absolute Gasteiger partial charge is 0.370 e. The Balaban J connectivity index is 1.94. The molecule has 1 N–H and O–H groups in total. The third kappa shape index (κ3) is 2.85. The molecule has 16 heavy (non-hydrogen) atoms. The zero-order valence-corrected chi connectivity index (χ0v) is 10.6. The lowest BCUT2D eigenvalue weighted by Gasteiger charge is -2.16. The molecule has 0 bridgehead atoms. The molecule has 1 aromatic heterocycles. The number of nitrogens with one attached hydrogen (secondary N) is 1. The molecule has 3 nitrogen and oxygen atoms in total. The Bertz CT molecular complexity index is 347. The highest BCUT2D eigenvalue weighted by atomic mass is 35.5. The first-order valence-electron chi connectivity index (χ1n) is 5.90. The zero-order valence-electron chi connectivity index (χ0n) is 9.83. The molecule has 1 aliphatic rings. The molecule has 4 heteroatoms. The van der Waals surface area contributed by atoms with E-state index in [4.69, 9.17) is 11.6 Å². The van der Waals surface area contributed by atoms with E-state index >= 15 is 0 Å². The molecule has 0 aromatic carbocycles. The first-order chi connectivity index (χ1) is 7.65. The summed E-state index contributed by atoms with van der Waals surface area (Å²) in [6.45, 7) is 5.25. The van der Waals surface area contributed by atoms with Gasteiger partial charge in [0.2, 0.25) is 5.28 Å². The minimum Gasteiger partial charge on any atom is -0.370 e. The lowest BCUT2D eigenvalue weighted by molar-refractivity contribution is 0.439. The monoisotopic (exact) mass is 239 g/mol. The lowest BCUT2D eigenvalue weighted by atomic mass is 9.98. The number of nitrogens with zero attached hydrogens (tertiary/aromatic N) is 2. The predicted molar refractivity (Wildman–Crippen MR) is 66.8 cm³/mol. The first-order valence-corrected chi connectivity index (χ1v) is 6.28. The van der Waals surface area contributed by atoms with Crippen molar-refractivity contribution in [2.24, 2.45) is 11.8 Å². The number of hydrogen-bond acceptors (Lipinski definition) is 3. The Morgan fingerprint density at radius 3 is 2.88 bits per heavy atom. The molecule has 88 valence electrons. The van der Waals surface area contributed by atoms with Crippen molar-refractivity contribution in [3.8, 4) is 0 Å². The average molecular weight is 240 g/mol. The van der Waals surface area contributed by atoms with Gasteiger partial charge in [-0.05, 0) is 36.8 Å². The Morgan fingerprint density at radius 2 is 2.25 bits per heavy atom. The van der Waals surface area contributed by atoms with Crippen LogP contribution < -0.4 is 5.32 Å². The van der Waals surface area contributed by atoms with Crippen LogP contribution in [0.2, 0.25) is 5.28 Å². The number of aryl methyl sites for hydroxylation is 1. The maximum absolute atomic E-state index is 5.81. The van der Waals surface area contributed by atoms with Crippen LogP contribution >= 0.6 is 11.6 Å². The molecule has 0 aliphatic heterocycles. The summed E-state index contributed by atoms with van der Waals surface area (Å²) < 4.78 is 0. The molecule has 0 amide bonds. The van der Waals surface area contributed by atoms with E-state index in [1.807, 2.05) is 13.0 Å². The van der Waals surface area contributed by atoms with Crippen molar-refractivity contribution in [2.45, 2.75) is 33.1 Å². The van der Waals surface area contributed by atoms with Crippen molar-refractivity contribution < 1.29 is 0 Å². The number of anilines is 1. The highest BCUT2D eigenvalue weighted by molar-refractivity contribution is 6.28. The summed E-state index contributed by atoms with van der Waals surface area (Å²) >= 11 is 5.81. The molecule has 0 saturated heterocycles. The van der Waals surface area contributed by atoms with Crippen LogP contribution in [-0.2, 0) is 0 Å². The minimum atomic E-state index is 0.321. The van der Waals surface area contributed by atoms with E-state index in [2.05, 4.69) is 22.2 Å². The van der Waals surface area contributed by atoms with Crippen LogP contribution in [0.4, 0.5) is 5.82 Å². The van der Waals surface area contributed by atoms with Gasteiger partial charge >= 0.3 is 0 Å². The van der Waals surface area contributed by atoms with E-state index in [-0.39, 0.29) is 0 Å². The normalized spacial score (nSPS) is 24.7. The lowest BCUT2D eigenvalue weighted by Crippen LogP contribution is -2.17. The fourth-order valence-corrected chi connectivity index (χ4v) is 2.61. The number of aromatic nitrogens is 2.